The summed E-state index contributed by atoms with van der Waals surface area (Å²) < 4.78 is 5.51. The molecule has 0 saturated carbocycles. The van der Waals surface area contributed by atoms with Gasteiger partial charge < -0.3 is 14.7 Å². The summed E-state index contributed by atoms with van der Waals surface area (Å²) in [7, 11) is 1.61. The first-order valence-electron chi connectivity index (χ1n) is 13.5. The van der Waals surface area contributed by atoms with Crippen LogP contribution in [0.1, 0.15) is 67.5 Å². The molecule has 1 heterocycles. The number of aliphatic hydroxyl groups is 1. The summed E-state index contributed by atoms with van der Waals surface area (Å²) in [6, 6.07) is 18.3. The minimum absolute atomic E-state index is 0.0791. The molecule has 204 valence electrons. The molecule has 39 heavy (non-hydrogen) atoms. The van der Waals surface area contributed by atoms with Gasteiger partial charge in [0.05, 0.1) is 18.7 Å². The SMILES string of the molecule is CCN(CC)c1ccc(C2/C(=C(/O)c3ccc(OC)c(C(C)C)c3)C(=O)C(=O)N2c2ccc(C)cc2C)cc1. The van der Waals surface area contributed by atoms with Crippen LogP contribution in [0, 0.1) is 13.8 Å². The van der Waals surface area contributed by atoms with Gasteiger partial charge in [0, 0.05) is 30.0 Å². The van der Waals surface area contributed by atoms with Gasteiger partial charge in [0.25, 0.3) is 11.7 Å². The summed E-state index contributed by atoms with van der Waals surface area (Å²) in [5.41, 5.74) is 5.87. The molecular formula is C33H38N2O4. The predicted molar refractivity (Wildman–Crippen MR) is 158 cm³/mol. The van der Waals surface area contributed by atoms with Crippen LogP contribution in [0.3, 0.4) is 0 Å². The number of hydrogen-bond acceptors (Lipinski definition) is 5. The Morgan fingerprint density at radius 1 is 0.974 bits per heavy atom. The van der Waals surface area contributed by atoms with Crippen LogP contribution in [0.15, 0.2) is 66.2 Å². The van der Waals surface area contributed by atoms with E-state index >= 15 is 0 Å². The summed E-state index contributed by atoms with van der Waals surface area (Å²) in [5.74, 6) is -0.705. The van der Waals surface area contributed by atoms with Crippen molar-refractivity contribution in [1.29, 1.82) is 0 Å². The Balaban J connectivity index is 1.94. The van der Waals surface area contributed by atoms with Gasteiger partial charge in [-0.2, -0.15) is 0 Å². The van der Waals surface area contributed by atoms with Crippen LogP contribution in [-0.2, 0) is 9.59 Å². The molecule has 6 heteroatoms. The molecular weight excluding hydrogens is 488 g/mol. The molecule has 1 fully saturated rings. The van der Waals surface area contributed by atoms with E-state index in [1.54, 1.807) is 19.2 Å². The van der Waals surface area contributed by atoms with Crippen LogP contribution in [0.25, 0.3) is 5.76 Å². The van der Waals surface area contributed by atoms with E-state index in [4.69, 9.17) is 4.74 Å². The molecule has 0 aliphatic carbocycles. The first-order chi connectivity index (χ1) is 18.6. The Kier molecular flexibility index (Phi) is 8.14. The molecule has 1 N–H and O–H groups in total. The monoisotopic (exact) mass is 526 g/mol. The van der Waals surface area contributed by atoms with Crippen molar-refractivity contribution in [2.75, 3.05) is 30.0 Å². The number of benzene rings is 3. The summed E-state index contributed by atoms with van der Waals surface area (Å²) in [6.07, 6.45) is 0. The summed E-state index contributed by atoms with van der Waals surface area (Å²) in [4.78, 5) is 31.0. The fourth-order valence-electron chi connectivity index (χ4n) is 5.42. The summed E-state index contributed by atoms with van der Waals surface area (Å²) >= 11 is 0. The van der Waals surface area contributed by atoms with Gasteiger partial charge in [-0.1, -0.05) is 43.7 Å². The third kappa shape index (κ3) is 5.16. The minimum Gasteiger partial charge on any atom is -0.507 e. The van der Waals surface area contributed by atoms with Gasteiger partial charge in [-0.3, -0.25) is 14.5 Å². The molecule has 1 unspecified atom stereocenters. The van der Waals surface area contributed by atoms with Crippen LogP contribution < -0.4 is 14.5 Å². The molecule has 4 rings (SSSR count). The molecule has 3 aromatic rings. The Bertz CT molecular complexity index is 1420. The number of carbonyl (C=O) groups excluding carboxylic acids is 2. The van der Waals surface area contributed by atoms with Gasteiger partial charge in [-0.15, -0.1) is 0 Å². The number of aliphatic hydroxyl groups excluding tert-OH is 1. The van der Waals surface area contributed by atoms with Gasteiger partial charge >= 0.3 is 0 Å². The van der Waals surface area contributed by atoms with Gasteiger partial charge in [0.15, 0.2) is 0 Å². The molecule has 0 aromatic heterocycles. The molecule has 1 amide bonds. The van der Waals surface area contributed by atoms with Gasteiger partial charge in [0.2, 0.25) is 0 Å². The zero-order valence-corrected chi connectivity index (χ0v) is 23.9. The van der Waals surface area contributed by atoms with E-state index in [1.807, 2.05) is 76.2 Å². The molecule has 1 aliphatic heterocycles. The van der Waals surface area contributed by atoms with Crippen molar-refractivity contribution in [3.8, 4) is 5.75 Å². The van der Waals surface area contributed by atoms with Crippen molar-refractivity contribution >= 4 is 28.8 Å². The number of Topliss-reactive ketones (excluding diaryl/α,β-unsaturated/α-hetero) is 1. The number of anilines is 2. The van der Waals surface area contributed by atoms with E-state index in [9.17, 15) is 14.7 Å². The molecule has 1 saturated heterocycles. The smallest absolute Gasteiger partial charge is 0.300 e. The summed E-state index contributed by atoms with van der Waals surface area (Å²) in [6.45, 7) is 13.9. The largest absolute Gasteiger partial charge is 0.507 e. The minimum atomic E-state index is -0.776. The topological polar surface area (TPSA) is 70.1 Å². The highest BCUT2D eigenvalue weighted by atomic mass is 16.5. The second-order valence-corrected chi connectivity index (χ2v) is 10.3. The predicted octanol–water partition coefficient (Wildman–Crippen LogP) is 6.91. The summed E-state index contributed by atoms with van der Waals surface area (Å²) in [5, 5.41) is 11.6. The molecule has 0 bridgehead atoms. The second-order valence-electron chi connectivity index (χ2n) is 10.3. The Hall–Kier alpha value is -4.06. The maximum atomic E-state index is 13.6. The maximum Gasteiger partial charge on any atom is 0.300 e. The van der Waals surface area contributed by atoms with E-state index in [2.05, 4.69) is 18.7 Å². The van der Waals surface area contributed by atoms with Crippen molar-refractivity contribution < 1.29 is 19.4 Å². The van der Waals surface area contributed by atoms with Crippen LogP contribution >= 0.6 is 0 Å². The second kappa shape index (κ2) is 11.4. The van der Waals surface area contributed by atoms with E-state index in [0.717, 1.165) is 41.0 Å². The average molecular weight is 527 g/mol. The highest BCUT2D eigenvalue weighted by Crippen LogP contribution is 2.44. The number of methoxy groups -OCH3 is 1. The van der Waals surface area contributed by atoms with Crippen molar-refractivity contribution in [2.24, 2.45) is 0 Å². The number of amides is 1. The first-order valence-corrected chi connectivity index (χ1v) is 13.5. The maximum absolute atomic E-state index is 13.6. The highest BCUT2D eigenvalue weighted by molar-refractivity contribution is 6.51. The Morgan fingerprint density at radius 2 is 1.64 bits per heavy atom. The van der Waals surface area contributed by atoms with Crippen molar-refractivity contribution in [3.05, 3.63) is 94.1 Å². The molecule has 6 nitrogen and oxygen atoms in total. The lowest BCUT2D eigenvalue weighted by molar-refractivity contribution is -0.132. The van der Waals surface area contributed by atoms with Gasteiger partial charge in [-0.05, 0) is 86.7 Å². The number of ether oxygens (including phenoxy) is 1. The lowest BCUT2D eigenvalue weighted by atomic mass is 9.92. The van der Waals surface area contributed by atoms with E-state index in [0.29, 0.717) is 17.0 Å². The number of carbonyl (C=O) groups is 2. The van der Waals surface area contributed by atoms with Crippen LogP contribution in [0.4, 0.5) is 11.4 Å². The van der Waals surface area contributed by atoms with E-state index < -0.39 is 17.7 Å². The average Bonchev–Trinajstić information content (AvgIpc) is 3.19. The van der Waals surface area contributed by atoms with Crippen molar-refractivity contribution in [2.45, 2.75) is 53.5 Å². The fourth-order valence-corrected chi connectivity index (χ4v) is 5.42. The van der Waals surface area contributed by atoms with Crippen LogP contribution in [-0.4, -0.2) is 37.0 Å². The van der Waals surface area contributed by atoms with Crippen LogP contribution in [0.2, 0.25) is 0 Å². The number of nitrogens with zero attached hydrogens (tertiary/aromatic N) is 2. The third-order valence-electron chi connectivity index (χ3n) is 7.52. The number of hydrogen-bond donors (Lipinski definition) is 1. The number of rotatable bonds is 8. The van der Waals surface area contributed by atoms with Crippen molar-refractivity contribution in [1.82, 2.24) is 0 Å². The Labute approximate surface area is 231 Å². The fraction of sp³-hybridized carbons (Fsp3) is 0.333. The zero-order valence-electron chi connectivity index (χ0n) is 23.9. The third-order valence-corrected chi connectivity index (χ3v) is 7.52. The van der Waals surface area contributed by atoms with Crippen molar-refractivity contribution in [3.63, 3.8) is 0 Å². The van der Waals surface area contributed by atoms with E-state index in [1.165, 1.54) is 4.90 Å². The molecule has 0 spiro atoms. The number of aryl methyl sites for hydroxylation is 2. The van der Waals surface area contributed by atoms with Gasteiger partial charge in [0.1, 0.15) is 11.5 Å². The standard InChI is InChI=1S/C33H38N2O4/c1-8-34(9-2)25-14-11-23(12-15-25)30-29(31(36)24-13-17-28(39-7)26(19-24)20(3)4)32(37)33(38)35(30)27-16-10-21(5)18-22(27)6/h10-20,30,36H,8-9H2,1-7H3/b31-29-. The number of ketones is 1. The highest BCUT2D eigenvalue weighted by Gasteiger charge is 2.47. The first kappa shape index (κ1) is 28.0. The molecule has 1 atom stereocenters. The van der Waals surface area contributed by atoms with Crippen LogP contribution in [0.5, 0.6) is 5.75 Å². The molecule has 0 radical (unpaired) electrons. The Morgan fingerprint density at radius 3 is 2.21 bits per heavy atom. The zero-order chi connectivity index (χ0) is 28.4. The molecule has 3 aromatic carbocycles. The lowest BCUT2D eigenvalue weighted by Crippen LogP contribution is -2.30. The van der Waals surface area contributed by atoms with E-state index in [-0.39, 0.29) is 17.3 Å². The quantitative estimate of drug-likeness (QED) is 0.196. The lowest BCUT2D eigenvalue weighted by Gasteiger charge is -2.28. The molecule has 1 aliphatic rings. The van der Waals surface area contributed by atoms with Gasteiger partial charge in [-0.25, -0.2) is 0 Å². The normalized spacial score (nSPS) is 16.7.